The van der Waals surface area contributed by atoms with Crippen LogP contribution in [0.4, 0.5) is 10.5 Å². The van der Waals surface area contributed by atoms with E-state index in [0.717, 1.165) is 16.8 Å². The summed E-state index contributed by atoms with van der Waals surface area (Å²) >= 11 is 0. The van der Waals surface area contributed by atoms with Gasteiger partial charge < -0.3 is 15.5 Å². The Labute approximate surface area is 192 Å². The van der Waals surface area contributed by atoms with Crippen molar-refractivity contribution in [1.82, 2.24) is 10.4 Å². The van der Waals surface area contributed by atoms with E-state index in [9.17, 15) is 14.4 Å². The second kappa shape index (κ2) is 11.7. The van der Waals surface area contributed by atoms with Crippen molar-refractivity contribution in [2.24, 2.45) is 5.73 Å². The monoisotopic (exact) mass is 456 g/mol. The van der Waals surface area contributed by atoms with Crippen LogP contribution >= 0.6 is 12.4 Å². The number of anilines is 1. The number of urea groups is 1. The first-order valence-corrected chi connectivity index (χ1v) is 9.80. The summed E-state index contributed by atoms with van der Waals surface area (Å²) in [6, 6.07) is 14.3. The lowest BCUT2D eigenvalue weighted by molar-refractivity contribution is -0.124. The van der Waals surface area contributed by atoms with Crippen LogP contribution in [0.2, 0.25) is 0 Å². The number of halogens is 1. The van der Waals surface area contributed by atoms with Gasteiger partial charge in [0.1, 0.15) is 0 Å². The smallest absolute Gasteiger partial charge is 0.314 e. The summed E-state index contributed by atoms with van der Waals surface area (Å²) in [6.07, 6.45) is 6.03. The van der Waals surface area contributed by atoms with E-state index in [2.05, 4.69) is 4.90 Å². The summed E-state index contributed by atoms with van der Waals surface area (Å²) in [4.78, 5) is 38.5. The predicted molar refractivity (Wildman–Crippen MR) is 126 cm³/mol. The molecular weight excluding hydrogens is 432 g/mol. The molecule has 0 saturated carbocycles. The Kier molecular flexibility index (Phi) is 9.00. The number of carbonyl (C=O) groups is 3. The maximum atomic E-state index is 12.5. The van der Waals surface area contributed by atoms with Gasteiger partial charge in [0.25, 0.3) is 5.91 Å². The highest BCUT2D eigenvalue weighted by atomic mass is 35.5. The van der Waals surface area contributed by atoms with E-state index >= 15 is 0 Å². The van der Waals surface area contributed by atoms with E-state index in [-0.39, 0.29) is 18.2 Å². The number of nitrogens with zero attached hydrogens (tertiary/aromatic N) is 2. The van der Waals surface area contributed by atoms with Gasteiger partial charge in [0.05, 0.1) is 0 Å². The molecule has 0 aromatic heterocycles. The van der Waals surface area contributed by atoms with Crippen LogP contribution in [0, 0.1) is 0 Å². The number of nitrogens with one attached hydrogen (secondary N) is 1. The van der Waals surface area contributed by atoms with Gasteiger partial charge in [-0.1, -0.05) is 30.3 Å². The topological polar surface area (TPSA) is 116 Å². The zero-order chi connectivity index (χ0) is 22.2. The number of piperazine rings is 1. The first-order valence-electron chi connectivity index (χ1n) is 9.80. The van der Waals surface area contributed by atoms with Crippen molar-refractivity contribution in [1.29, 1.82) is 0 Å². The Balaban J connectivity index is 0.00000363. The predicted octanol–water partition coefficient (Wildman–Crippen LogP) is 2.72. The molecule has 3 amide bonds. The van der Waals surface area contributed by atoms with E-state index in [4.69, 9.17) is 10.9 Å². The molecule has 9 heteroatoms. The summed E-state index contributed by atoms with van der Waals surface area (Å²) in [7, 11) is 0. The average molecular weight is 457 g/mol. The fraction of sp³-hybridized carbons (Fsp3) is 0.174. The highest BCUT2D eigenvalue weighted by Crippen LogP contribution is 2.18. The number of benzene rings is 2. The van der Waals surface area contributed by atoms with E-state index < -0.39 is 11.9 Å². The Hall–Kier alpha value is -3.62. The molecule has 4 N–H and O–H groups in total. The van der Waals surface area contributed by atoms with Crippen molar-refractivity contribution < 1.29 is 19.6 Å². The summed E-state index contributed by atoms with van der Waals surface area (Å²) in [6.45, 7) is 2.57. The molecule has 1 aliphatic heterocycles. The summed E-state index contributed by atoms with van der Waals surface area (Å²) in [5.41, 5.74) is 10.1. The third-order valence-corrected chi connectivity index (χ3v) is 5.01. The van der Waals surface area contributed by atoms with Crippen LogP contribution in [0.15, 0.2) is 60.7 Å². The van der Waals surface area contributed by atoms with Gasteiger partial charge in [0.15, 0.2) is 5.78 Å². The highest BCUT2D eigenvalue weighted by molar-refractivity contribution is 6.07. The molecule has 1 saturated heterocycles. The third kappa shape index (κ3) is 6.69. The van der Waals surface area contributed by atoms with Crippen molar-refractivity contribution in [2.45, 2.75) is 0 Å². The molecule has 0 unspecified atom stereocenters. The van der Waals surface area contributed by atoms with Crippen LogP contribution in [-0.2, 0) is 4.79 Å². The molecule has 0 aliphatic carbocycles. The largest absolute Gasteiger partial charge is 0.368 e. The van der Waals surface area contributed by atoms with Gasteiger partial charge in [-0.2, -0.15) is 0 Å². The Morgan fingerprint density at radius 3 is 1.88 bits per heavy atom. The molecule has 32 heavy (non-hydrogen) atoms. The quantitative estimate of drug-likeness (QED) is 0.267. The van der Waals surface area contributed by atoms with Gasteiger partial charge in [0.2, 0.25) is 0 Å². The first kappa shape index (κ1) is 24.6. The van der Waals surface area contributed by atoms with Gasteiger partial charge in [-0.05, 0) is 47.5 Å². The fourth-order valence-corrected chi connectivity index (χ4v) is 3.22. The zero-order valence-corrected chi connectivity index (χ0v) is 18.1. The van der Waals surface area contributed by atoms with Gasteiger partial charge in [-0.15, -0.1) is 12.4 Å². The number of hydroxylamine groups is 1. The molecule has 0 radical (unpaired) electrons. The number of amides is 3. The molecule has 1 fully saturated rings. The number of ketones is 1. The molecule has 2 aromatic carbocycles. The van der Waals surface area contributed by atoms with Gasteiger partial charge in [-0.25, -0.2) is 10.3 Å². The maximum absolute atomic E-state index is 12.5. The molecular formula is C23H25ClN4O4. The Morgan fingerprint density at radius 1 is 0.844 bits per heavy atom. The molecule has 3 rings (SSSR count). The molecule has 0 spiro atoms. The van der Waals surface area contributed by atoms with Crippen LogP contribution in [0.3, 0.4) is 0 Å². The van der Waals surface area contributed by atoms with E-state index in [1.54, 1.807) is 41.3 Å². The SMILES string of the molecule is Cl.NC(=O)N1CCN(c2ccc(C(=O)/C=C/c3ccc(/C=C/C(=O)NO)cc3)cc2)CC1. The number of hydrogen-bond acceptors (Lipinski definition) is 5. The summed E-state index contributed by atoms with van der Waals surface area (Å²) in [5, 5.41) is 8.47. The number of primary amides is 1. The van der Waals surface area contributed by atoms with Crippen LogP contribution in [-0.4, -0.2) is 54.0 Å². The van der Waals surface area contributed by atoms with E-state index in [1.807, 2.05) is 24.3 Å². The maximum Gasteiger partial charge on any atom is 0.314 e. The number of carbonyl (C=O) groups excluding carboxylic acids is 3. The van der Waals surface area contributed by atoms with Crippen LogP contribution in [0.1, 0.15) is 21.5 Å². The average Bonchev–Trinajstić information content (AvgIpc) is 2.81. The molecule has 1 aliphatic rings. The molecule has 1 heterocycles. The zero-order valence-electron chi connectivity index (χ0n) is 17.3. The van der Waals surface area contributed by atoms with Crippen LogP contribution < -0.4 is 16.1 Å². The van der Waals surface area contributed by atoms with Crippen molar-refractivity contribution in [3.8, 4) is 0 Å². The van der Waals surface area contributed by atoms with E-state index in [0.29, 0.717) is 31.7 Å². The number of nitrogens with two attached hydrogens (primary N) is 1. The number of rotatable bonds is 6. The number of allylic oxidation sites excluding steroid dienone is 1. The minimum atomic E-state index is -0.603. The summed E-state index contributed by atoms with van der Waals surface area (Å²) in [5.74, 6) is -0.706. The summed E-state index contributed by atoms with van der Waals surface area (Å²) < 4.78 is 0. The third-order valence-electron chi connectivity index (χ3n) is 5.01. The minimum absolute atomic E-state index is 0. The van der Waals surface area contributed by atoms with Crippen molar-refractivity contribution in [3.63, 3.8) is 0 Å². The Bertz CT molecular complexity index is 996. The van der Waals surface area contributed by atoms with Gasteiger partial charge >= 0.3 is 6.03 Å². The Morgan fingerprint density at radius 2 is 1.38 bits per heavy atom. The van der Waals surface area contributed by atoms with Gasteiger partial charge in [0, 0.05) is 43.5 Å². The second-order valence-corrected chi connectivity index (χ2v) is 7.03. The molecule has 2 aromatic rings. The fourth-order valence-electron chi connectivity index (χ4n) is 3.22. The second-order valence-electron chi connectivity index (χ2n) is 7.03. The van der Waals surface area contributed by atoms with Crippen LogP contribution in [0.25, 0.3) is 12.2 Å². The normalized spacial score (nSPS) is 13.8. The molecule has 0 atom stereocenters. The van der Waals surface area contributed by atoms with Crippen molar-refractivity contribution in [3.05, 3.63) is 77.4 Å². The van der Waals surface area contributed by atoms with Gasteiger partial charge in [-0.3, -0.25) is 14.8 Å². The molecule has 168 valence electrons. The standard InChI is InChI=1S/C23H24N4O4.ClH/c24-23(30)27-15-13-26(14-16-27)20-9-7-19(8-10-20)21(28)11-5-17-1-3-18(4-2-17)6-12-22(29)25-31;/h1-12,31H,13-16H2,(H2,24,30)(H,25,29);1H/b11-5+,12-6+;. The van der Waals surface area contributed by atoms with Crippen molar-refractivity contribution >= 4 is 48.0 Å². The lowest BCUT2D eigenvalue weighted by atomic mass is 10.1. The van der Waals surface area contributed by atoms with Crippen LogP contribution in [0.5, 0.6) is 0 Å². The molecule has 8 nitrogen and oxygen atoms in total. The lowest BCUT2D eigenvalue weighted by Crippen LogP contribution is -2.50. The van der Waals surface area contributed by atoms with E-state index in [1.165, 1.54) is 17.6 Å². The molecule has 0 bridgehead atoms. The van der Waals surface area contributed by atoms with Crippen molar-refractivity contribution in [2.75, 3.05) is 31.1 Å². The first-order chi connectivity index (χ1) is 15.0. The highest BCUT2D eigenvalue weighted by Gasteiger charge is 2.19. The number of hydrogen-bond donors (Lipinski definition) is 3. The minimum Gasteiger partial charge on any atom is -0.368 e. The lowest BCUT2D eigenvalue weighted by Gasteiger charge is -2.35.